The lowest BCUT2D eigenvalue weighted by Crippen LogP contribution is -1.99. The van der Waals surface area contributed by atoms with Crippen LogP contribution in [0.5, 0.6) is 5.75 Å². The van der Waals surface area contributed by atoms with Crippen molar-refractivity contribution in [2.75, 3.05) is 14.2 Å². The molecule has 0 radical (unpaired) electrons. The van der Waals surface area contributed by atoms with Crippen molar-refractivity contribution in [3.63, 3.8) is 0 Å². The predicted octanol–water partition coefficient (Wildman–Crippen LogP) is 2.27. The molecule has 70 valence electrons. The van der Waals surface area contributed by atoms with Gasteiger partial charge in [-0.25, -0.2) is 4.39 Å². The maximum absolute atomic E-state index is 12.8. The molecule has 1 rings (SSSR count). The van der Waals surface area contributed by atoms with Crippen LogP contribution in [0.2, 0.25) is 0 Å². The zero-order valence-corrected chi connectivity index (χ0v) is 7.97. The average molecular weight is 181 g/mol. The van der Waals surface area contributed by atoms with Crippen LogP contribution >= 0.6 is 0 Å². The molecule has 0 amide bonds. The van der Waals surface area contributed by atoms with Gasteiger partial charge in [-0.3, -0.25) is 4.99 Å². The normalized spacial score (nSPS) is 11.5. The minimum absolute atomic E-state index is 0.301. The van der Waals surface area contributed by atoms with Crippen LogP contribution in [-0.2, 0) is 0 Å². The Balaban J connectivity index is 3.21. The molecule has 0 bridgehead atoms. The van der Waals surface area contributed by atoms with Crippen molar-refractivity contribution in [1.29, 1.82) is 0 Å². The van der Waals surface area contributed by atoms with Crippen LogP contribution < -0.4 is 4.74 Å². The number of benzene rings is 1. The fourth-order valence-electron chi connectivity index (χ4n) is 1.08. The number of hydrogen-bond donors (Lipinski definition) is 0. The Labute approximate surface area is 77.1 Å². The van der Waals surface area contributed by atoms with E-state index in [1.54, 1.807) is 13.1 Å². The second kappa shape index (κ2) is 4.03. The lowest BCUT2D eigenvalue weighted by molar-refractivity contribution is 0.410. The van der Waals surface area contributed by atoms with Gasteiger partial charge in [-0.15, -0.1) is 0 Å². The molecule has 0 heterocycles. The molecule has 1 aromatic carbocycles. The Bertz CT molecular complexity index is 334. The summed E-state index contributed by atoms with van der Waals surface area (Å²) in [7, 11) is 3.21. The number of nitrogens with zero attached hydrogens (tertiary/aromatic N) is 1. The summed E-state index contributed by atoms with van der Waals surface area (Å²) >= 11 is 0. The molecule has 2 nitrogen and oxygen atoms in total. The largest absolute Gasteiger partial charge is 0.496 e. The van der Waals surface area contributed by atoms with Crippen LogP contribution in [0.3, 0.4) is 0 Å². The van der Waals surface area contributed by atoms with E-state index in [9.17, 15) is 4.39 Å². The molecular weight excluding hydrogens is 169 g/mol. The van der Waals surface area contributed by atoms with Gasteiger partial charge in [-0.05, 0) is 19.1 Å². The van der Waals surface area contributed by atoms with E-state index in [1.165, 1.54) is 19.2 Å². The lowest BCUT2D eigenvalue weighted by Gasteiger charge is -2.07. The Kier molecular flexibility index (Phi) is 3.01. The monoisotopic (exact) mass is 181 g/mol. The lowest BCUT2D eigenvalue weighted by atomic mass is 10.1. The Hall–Kier alpha value is -1.38. The molecule has 0 aliphatic heterocycles. The fraction of sp³-hybridized carbons (Fsp3) is 0.300. The molecule has 0 aliphatic rings. The standard InChI is InChI=1S/C10H12FNO/c1-7(12-2)9-5-4-8(11)6-10(9)13-3/h4-6H,1-3H3. The number of aliphatic imine (C=N–C) groups is 1. The second-order valence-electron chi connectivity index (χ2n) is 2.65. The van der Waals surface area contributed by atoms with Crippen LogP contribution in [0.4, 0.5) is 4.39 Å². The molecule has 0 unspecified atom stereocenters. The van der Waals surface area contributed by atoms with Crippen molar-refractivity contribution in [2.24, 2.45) is 4.99 Å². The molecular formula is C10H12FNO. The Morgan fingerprint density at radius 1 is 1.46 bits per heavy atom. The van der Waals surface area contributed by atoms with Gasteiger partial charge in [0.15, 0.2) is 0 Å². The van der Waals surface area contributed by atoms with E-state index in [0.717, 1.165) is 11.3 Å². The SMILES string of the molecule is CN=C(C)c1ccc(F)cc1OC. The quantitative estimate of drug-likeness (QED) is 0.641. The average Bonchev–Trinajstić information content (AvgIpc) is 2.16. The summed E-state index contributed by atoms with van der Waals surface area (Å²) in [6.45, 7) is 1.86. The van der Waals surface area contributed by atoms with Gasteiger partial charge in [0, 0.05) is 24.4 Å². The first-order chi connectivity index (χ1) is 6.19. The first-order valence-corrected chi connectivity index (χ1v) is 3.96. The highest BCUT2D eigenvalue weighted by Gasteiger charge is 2.06. The van der Waals surface area contributed by atoms with Gasteiger partial charge in [0.25, 0.3) is 0 Å². The molecule has 1 aromatic rings. The second-order valence-corrected chi connectivity index (χ2v) is 2.65. The van der Waals surface area contributed by atoms with Crippen LogP contribution in [-0.4, -0.2) is 19.9 Å². The highest BCUT2D eigenvalue weighted by molar-refractivity contribution is 6.01. The smallest absolute Gasteiger partial charge is 0.130 e. The number of methoxy groups -OCH3 is 1. The van der Waals surface area contributed by atoms with Crippen molar-refractivity contribution >= 4 is 5.71 Å². The summed E-state index contributed by atoms with van der Waals surface area (Å²) in [4.78, 5) is 4.01. The molecule has 0 aliphatic carbocycles. The Morgan fingerprint density at radius 3 is 2.69 bits per heavy atom. The number of rotatable bonds is 2. The van der Waals surface area contributed by atoms with Crippen LogP contribution in [0, 0.1) is 5.82 Å². The van der Waals surface area contributed by atoms with E-state index in [-0.39, 0.29) is 5.82 Å². The van der Waals surface area contributed by atoms with Gasteiger partial charge in [0.2, 0.25) is 0 Å². The summed E-state index contributed by atoms with van der Waals surface area (Å²) in [6.07, 6.45) is 0. The molecule has 0 atom stereocenters. The van der Waals surface area contributed by atoms with Crippen LogP contribution in [0.15, 0.2) is 23.2 Å². The van der Waals surface area contributed by atoms with Crippen molar-refractivity contribution < 1.29 is 9.13 Å². The van der Waals surface area contributed by atoms with Crippen molar-refractivity contribution in [3.8, 4) is 5.75 Å². The number of ether oxygens (including phenoxy) is 1. The van der Waals surface area contributed by atoms with E-state index >= 15 is 0 Å². The van der Waals surface area contributed by atoms with E-state index in [0.29, 0.717) is 5.75 Å². The first-order valence-electron chi connectivity index (χ1n) is 3.96. The summed E-state index contributed by atoms with van der Waals surface area (Å²) in [5.41, 5.74) is 1.66. The number of hydrogen-bond acceptors (Lipinski definition) is 2. The molecule has 13 heavy (non-hydrogen) atoms. The van der Waals surface area contributed by atoms with E-state index in [4.69, 9.17) is 4.74 Å². The van der Waals surface area contributed by atoms with Crippen molar-refractivity contribution in [3.05, 3.63) is 29.6 Å². The van der Waals surface area contributed by atoms with Gasteiger partial charge in [0.1, 0.15) is 11.6 Å². The third-order valence-corrected chi connectivity index (χ3v) is 1.89. The van der Waals surface area contributed by atoms with Crippen LogP contribution in [0.1, 0.15) is 12.5 Å². The molecule has 0 fully saturated rings. The zero-order chi connectivity index (χ0) is 9.84. The van der Waals surface area contributed by atoms with Crippen LogP contribution in [0.25, 0.3) is 0 Å². The minimum atomic E-state index is -0.301. The topological polar surface area (TPSA) is 21.6 Å². The number of halogens is 1. The molecule has 0 saturated heterocycles. The first kappa shape index (κ1) is 9.71. The Morgan fingerprint density at radius 2 is 2.15 bits per heavy atom. The van der Waals surface area contributed by atoms with E-state index in [2.05, 4.69) is 4.99 Å². The summed E-state index contributed by atoms with van der Waals surface area (Å²) in [6, 6.07) is 4.41. The highest BCUT2D eigenvalue weighted by atomic mass is 19.1. The van der Waals surface area contributed by atoms with Gasteiger partial charge < -0.3 is 4.74 Å². The molecule has 0 aromatic heterocycles. The maximum Gasteiger partial charge on any atom is 0.130 e. The molecule has 0 spiro atoms. The molecule has 0 N–H and O–H groups in total. The van der Waals surface area contributed by atoms with E-state index in [1.807, 2.05) is 6.92 Å². The van der Waals surface area contributed by atoms with Crippen molar-refractivity contribution in [1.82, 2.24) is 0 Å². The summed E-state index contributed by atoms with van der Waals surface area (Å²) in [5, 5.41) is 0. The van der Waals surface area contributed by atoms with E-state index < -0.39 is 0 Å². The summed E-state index contributed by atoms with van der Waals surface area (Å²) in [5.74, 6) is 0.215. The zero-order valence-electron chi connectivity index (χ0n) is 7.97. The maximum atomic E-state index is 12.8. The third-order valence-electron chi connectivity index (χ3n) is 1.89. The third kappa shape index (κ3) is 2.05. The van der Waals surface area contributed by atoms with Crippen molar-refractivity contribution in [2.45, 2.75) is 6.92 Å². The molecule has 3 heteroatoms. The molecule has 0 saturated carbocycles. The van der Waals surface area contributed by atoms with Gasteiger partial charge in [0.05, 0.1) is 7.11 Å². The summed E-state index contributed by atoms with van der Waals surface area (Å²) < 4.78 is 17.8. The van der Waals surface area contributed by atoms with Gasteiger partial charge in [-0.2, -0.15) is 0 Å². The predicted molar refractivity (Wildman–Crippen MR) is 51.1 cm³/mol. The fourth-order valence-corrected chi connectivity index (χ4v) is 1.08. The van der Waals surface area contributed by atoms with Gasteiger partial charge in [-0.1, -0.05) is 0 Å². The highest BCUT2D eigenvalue weighted by Crippen LogP contribution is 2.20. The van der Waals surface area contributed by atoms with Gasteiger partial charge >= 0.3 is 0 Å². The minimum Gasteiger partial charge on any atom is -0.496 e.